The summed E-state index contributed by atoms with van der Waals surface area (Å²) in [6.45, 7) is 4.27. The summed E-state index contributed by atoms with van der Waals surface area (Å²) in [5.74, 6) is 0.446. The first-order chi connectivity index (χ1) is 12.8. The smallest absolute Gasteiger partial charge is 0.384 e. The van der Waals surface area contributed by atoms with E-state index in [0.29, 0.717) is 32.7 Å². The second-order valence-electron chi connectivity index (χ2n) is 7.64. The third-order valence-corrected chi connectivity index (χ3v) is 5.80. The first-order valence-electron chi connectivity index (χ1n) is 9.43. The van der Waals surface area contributed by atoms with Crippen LogP contribution in [0.2, 0.25) is 0 Å². The van der Waals surface area contributed by atoms with Crippen LogP contribution in [0.3, 0.4) is 0 Å². The van der Waals surface area contributed by atoms with Crippen LogP contribution in [-0.4, -0.2) is 61.8 Å². The molecule has 0 spiro atoms. The fourth-order valence-electron chi connectivity index (χ4n) is 4.51. The molecule has 7 heteroatoms. The summed E-state index contributed by atoms with van der Waals surface area (Å²) >= 11 is 0. The summed E-state index contributed by atoms with van der Waals surface area (Å²) in [6, 6.07) is 7.92. The van der Waals surface area contributed by atoms with Gasteiger partial charge in [0.05, 0.1) is 25.5 Å². The minimum atomic E-state index is -4.13. The van der Waals surface area contributed by atoms with Crippen molar-refractivity contribution in [3.8, 4) is 0 Å². The van der Waals surface area contributed by atoms with Gasteiger partial charge in [0.15, 0.2) is 0 Å². The van der Waals surface area contributed by atoms with E-state index in [1.807, 2.05) is 41.0 Å². The maximum Gasteiger partial charge on any atom is 0.390 e. The Labute approximate surface area is 158 Å². The fraction of sp³-hybridized carbons (Fsp3) is 0.650. The van der Waals surface area contributed by atoms with Crippen molar-refractivity contribution in [1.29, 1.82) is 0 Å². The number of aryl methyl sites for hydroxylation is 1. The number of carbonyl (C=O) groups excluding carboxylic acids is 1. The molecular formula is C20H27F3N2O2. The zero-order chi connectivity index (χ0) is 19.6. The van der Waals surface area contributed by atoms with Crippen molar-refractivity contribution in [1.82, 2.24) is 9.80 Å². The zero-order valence-electron chi connectivity index (χ0n) is 15.8. The van der Waals surface area contributed by atoms with Gasteiger partial charge in [0, 0.05) is 39.2 Å². The first-order valence-corrected chi connectivity index (χ1v) is 9.43. The van der Waals surface area contributed by atoms with Crippen LogP contribution >= 0.6 is 0 Å². The summed E-state index contributed by atoms with van der Waals surface area (Å²) < 4.78 is 42.8. The highest BCUT2D eigenvalue weighted by Crippen LogP contribution is 2.46. The Morgan fingerprint density at radius 2 is 1.96 bits per heavy atom. The van der Waals surface area contributed by atoms with Crippen LogP contribution in [-0.2, 0) is 9.53 Å². The van der Waals surface area contributed by atoms with E-state index < -0.39 is 12.6 Å². The maximum absolute atomic E-state index is 12.8. The van der Waals surface area contributed by atoms with Crippen LogP contribution in [0.5, 0.6) is 0 Å². The second-order valence-corrected chi connectivity index (χ2v) is 7.64. The molecule has 150 valence electrons. The van der Waals surface area contributed by atoms with Crippen molar-refractivity contribution in [2.75, 3.05) is 39.9 Å². The highest BCUT2D eigenvalue weighted by atomic mass is 19.4. The average molecular weight is 384 g/mol. The summed E-state index contributed by atoms with van der Waals surface area (Å²) in [7, 11) is 1.57. The van der Waals surface area contributed by atoms with Crippen molar-refractivity contribution < 1.29 is 22.7 Å². The average Bonchev–Trinajstić information content (AvgIpc) is 3.15. The van der Waals surface area contributed by atoms with Gasteiger partial charge in [-0.1, -0.05) is 24.3 Å². The van der Waals surface area contributed by atoms with Crippen molar-refractivity contribution in [3.63, 3.8) is 0 Å². The molecule has 4 nitrogen and oxygen atoms in total. The number of benzene rings is 1. The van der Waals surface area contributed by atoms with E-state index >= 15 is 0 Å². The molecule has 0 saturated carbocycles. The van der Waals surface area contributed by atoms with E-state index in [1.165, 1.54) is 0 Å². The number of carbonyl (C=O) groups is 1. The summed E-state index contributed by atoms with van der Waals surface area (Å²) in [4.78, 5) is 16.6. The van der Waals surface area contributed by atoms with Gasteiger partial charge in [0.1, 0.15) is 0 Å². The highest BCUT2D eigenvalue weighted by molar-refractivity contribution is 5.77. The summed E-state index contributed by atoms with van der Waals surface area (Å²) in [5.41, 5.74) is 2.22. The summed E-state index contributed by atoms with van der Waals surface area (Å²) in [5, 5.41) is 0. The van der Waals surface area contributed by atoms with Crippen LogP contribution < -0.4 is 0 Å². The monoisotopic (exact) mass is 384 g/mol. The van der Waals surface area contributed by atoms with Crippen molar-refractivity contribution in [2.24, 2.45) is 11.8 Å². The Bertz CT molecular complexity index is 665. The molecule has 0 unspecified atom stereocenters. The molecule has 2 heterocycles. The molecule has 2 saturated heterocycles. The standard InChI is InChI=1S/C20H27F3N2O2/c1-14-5-3-4-6-16(14)19-17-13-24(9-8-20(21,22)23)11-15(17)12-25(19)18(26)7-10-27-2/h3-6,15,17,19H,7-13H2,1-2H3/t15-,17-,19+/m0/s1. The number of amides is 1. The number of fused-ring (bicyclic) bond motifs is 1. The maximum atomic E-state index is 12.8. The normalized spacial score (nSPS) is 25.8. The fourth-order valence-corrected chi connectivity index (χ4v) is 4.51. The van der Waals surface area contributed by atoms with E-state index in [4.69, 9.17) is 4.74 Å². The second kappa shape index (κ2) is 8.19. The first kappa shape index (κ1) is 20.1. The van der Waals surface area contributed by atoms with Gasteiger partial charge in [-0.3, -0.25) is 4.79 Å². The van der Waals surface area contributed by atoms with Crippen molar-refractivity contribution in [2.45, 2.75) is 32.0 Å². The Kier molecular flexibility index (Phi) is 6.11. The molecule has 0 N–H and O–H groups in total. The van der Waals surface area contributed by atoms with Crippen LogP contribution in [0.4, 0.5) is 13.2 Å². The molecule has 1 aromatic rings. The van der Waals surface area contributed by atoms with E-state index in [1.54, 1.807) is 7.11 Å². The number of nitrogens with zero attached hydrogens (tertiary/aromatic N) is 2. The quantitative estimate of drug-likeness (QED) is 0.754. The van der Waals surface area contributed by atoms with Crippen LogP contribution in [0.1, 0.15) is 30.0 Å². The largest absolute Gasteiger partial charge is 0.390 e. The lowest BCUT2D eigenvalue weighted by atomic mass is 9.87. The van der Waals surface area contributed by atoms with Gasteiger partial charge >= 0.3 is 6.18 Å². The lowest BCUT2D eigenvalue weighted by Crippen LogP contribution is -2.37. The third kappa shape index (κ3) is 4.63. The Morgan fingerprint density at radius 3 is 2.63 bits per heavy atom. The summed E-state index contributed by atoms with van der Waals surface area (Å²) in [6.07, 6.45) is -4.58. The SMILES string of the molecule is COCCC(=O)N1C[C@@H]2CN(CCC(F)(F)F)C[C@@H]2[C@H]1c1ccccc1C. The van der Waals surface area contributed by atoms with Crippen LogP contribution in [0.25, 0.3) is 0 Å². The Balaban J connectivity index is 1.78. The zero-order valence-corrected chi connectivity index (χ0v) is 15.8. The molecule has 3 atom stereocenters. The van der Waals surface area contributed by atoms with E-state index in [9.17, 15) is 18.0 Å². The number of hydrogen-bond acceptors (Lipinski definition) is 3. The van der Waals surface area contributed by atoms with Gasteiger partial charge in [-0.05, 0) is 24.0 Å². The Hall–Kier alpha value is -1.60. The van der Waals surface area contributed by atoms with Crippen molar-refractivity contribution in [3.05, 3.63) is 35.4 Å². The Morgan fingerprint density at radius 1 is 1.22 bits per heavy atom. The molecule has 0 radical (unpaired) electrons. The number of alkyl halides is 3. The topological polar surface area (TPSA) is 32.8 Å². The lowest BCUT2D eigenvalue weighted by Gasteiger charge is -2.31. The molecule has 0 aliphatic carbocycles. The third-order valence-electron chi connectivity index (χ3n) is 5.80. The number of halogens is 3. The van der Waals surface area contributed by atoms with Gasteiger partial charge in [-0.2, -0.15) is 13.2 Å². The van der Waals surface area contributed by atoms with E-state index in [0.717, 1.165) is 11.1 Å². The van der Waals surface area contributed by atoms with E-state index in [2.05, 4.69) is 0 Å². The molecule has 1 aromatic carbocycles. The highest BCUT2D eigenvalue weighted by Gasteiger charge is 2.49. The van der Waals surface area contributed by atoms with Gasteiger partial charge in [0.2, 0.25) is 5.91 Å². The van der Waals surface area contributed by atoms with Crippen molar-refractivity contribution >= 4 is 5.91 Å². The predicted octanol–water partition coefficient (Wildman–Crippen LogP) is 3.42. The molecule has 2 aliphatic rings. The van der Waals surface area contributed by atoms with Crippen LogP contribution in [0.15, 0.2) is 24.3 Å². The minimum Gasteiger partial charge on any atom is -0.384 e. The van der Waals surface area contributed by atoms with Crippen LogP contribution in [0, 0.1) is 18.8 Å². The lowest BCUT2D eigenvalue weighted by molar-refractivity contribution is -0.137. The van der Waals surface area contributed by atoms with Gasteiger partial charge in [-0.15, -0.1) is 0 Å². The molecular weight excluding hydrogens is 357 g/mol. The molecule has 27 heavy (non-hydrogen) atoms. The number of rotatable bonds is 6. The molecule has 0 aromatic heterocycles. The molecule has 1 amide bonds. The number of methoxy groups -OCH3 is 1. The number of likely N-dealkylation sites (tertiary alicyclic amines) is 2. The van der Waals surface area contributed by atoms with Gasteiger partial charge < -0.3 is 14.5 Å². The van der Waals surface area contributed by atoms with E-state index in [-0.39, 0.29) is 30.3 Å². The van der Waals surface area contributed by atoms with Gasteiger partial charge in [0.25, 0.3) is 0 Å². The number of ether oxygens (including phenoxy) is 1. The molecule has 3 rings (SSSR count). The molecule has 2 aliphatic heterocycles. The van der Waals surface area contributed by atoms with Gasteiger partial charge in [-0.25, -0.2) is 0 Å². The molecule has 2 fully saturated rings. The minimum absolute atomic E-state index is 0.0363. The number of hydrogen-bond donors (Lipinski definition) is 0. The predicted molar refractivity (Wildman–Crippen MR) is 96.2 cm³/mol. The molecule has 0 bridgehead atoms.